The number of rotatable bonds is 10. The van der Waals surface area contributed by atoms with E-state index in [1.54, 1.807) is 14.2 Å². The van der Waals surface area contributed by atoms with Crippen LogP contribution in [0.1, 0.15) is 32.6 Å². The van der Waals surface area contributed by atoms with Crippen LogP contribution < -0.4 is 5.32 Å². The average Bonchev–Trinajstić information content (AvgIpc) is 2.21. The molecule has 0 amide bonds. The molecule has 1 N–H and O–H groups in total. The van der Waals surface area contributed by atoms with Gasteiger partial charge >= 0.3 is 0 Å². The van der Waals surface area contributed by atoms with Crippen molar-refractivity contribution in [1.29, 1.82) is 0 Å². The van der Waals surface area contributed by atoms with Gasteiger partial charge in [0.25, 0.3) is 0 Å². The third-order valence-electron chi connectivity index (χ3n) is 2.31. The van der Waals surface area contributed by atoms with Crippen LogP contribution in [0.25, 0.3) is 0 Å². The summed E-state index contributed by atoms with van der Waals surface area (Å²) in [6, 6.07) is 0. The largest absolute Gasteiger partial charge is 0.383 e. The molecule has 0 rings (SSSR count). The maximum Gasteiger partial charge on any atom is 0.0587 e. The Morgan fingerprint density at radius 3 is 2.50 bits per heavy atom. The third kappa shape index (κ3) is 8.48. The van der Waals surface area contributed by atoms with Gasteiger partial charge in [-0.25, -0.2) is 0 Å². The van der Waals surface area contributed by atoms with Crippen molar-refractivity contribution < 1.29 is 9.47 Å². The molecule has 0 radical (unpaired) electrons. The quantitative estimate of drug-likeness (QED) is 0.549. The topological polar surface area (TPSA) is 30.5 Å². The van der Waals surface area contributed by atoms with E-state index >= 15 is 0 Å². The summed E-state index contributed by atoms with van der Waals surface area (Å²) in [5.74, 6) is 0. The number of methoxy groups -OCH3 is 2. The lowest BCUT2D eigenvalue weighted by Crippen LogP contribution is -2.21. The minimum Gasteiger partial charge on any atom is -0.383 e. The van der Waals surface area contributed by atoms with Crippen molar-refractivity contribution in [3.05, 3.63) is 0 Å². The van der Waals surface area contributed by atoms with Crippen molar-refractivity contribution in [1.82, 2.24) is 5.32 Å². The van der Waals surface area contributed by atoms with Gasteiger partial charge in [-0.2, -0.15) is 0 Å². The van der Waals surface area contributed by atoms with E-state index in [2.05, 4.69) is 12.2 Å². The van der Waals surface area contributed by atoms with Crippen LogP contribution in [0, 0.1) is 0 Å². The molecule has 0 aromatic rings. The Bertz CT molecular complexity index is 109. The van der Waals surface area contributed by atoms with E-state index < -0.39 is 0 Å². The van der Waals surface area contributed by atoms with Crippen LogP contribution in [0.5, 0.6) is 0 Å². The lowest BCUT2D eigenvalue weighted by atomic mass is 10.1. The van der Waals surface area contributed by atoms with Crippen LogP contribution in [-0.2, 0) is 9.47 Å². The Labute approximate surface area is 88.2 Å². The zero-order chi connectivity index (χ0) is 10.6. The SMILES string of the molecule is CCC[C@@H](CCCNCCOC)OC. The van der Waals surface area contributed by atoms with Crippen LogP contribution in [0.4, 0.5) is 0 Å². The smallest absolute Gasteiger partial charge is 0.0587 e. The van der Waals surface area contributed by atoms with Gasteiger partial charge in [-0.1, -0.05) is 13.3 Å². The highest BCUT2D eigenvalue weighted by molar-refractivity contribution is 4.58. The summed E-state index contributed by atoms with van der Waals surface area (Å²) in [5.41, 5.74) is 0. The van der Waals surface area contributed by atoms with E-state index in [4.69, 9.17) is 9.47 Å². The maximum absolute atomic E-state index is 5.37. The summed E-state index contributed by atoms with van der Waals surface area (Å²) in [6.07, 6.45) is 5.17. The summed E-state index contributed by atoms with van der Waals surface area (Å²) < 4.78 is 10.3. The minimum atomic E-state index is 0.448. The van der Waals surface area contributed by atoms with E-state index in [1.807, 2.05) is 0 Å². The number of hydrogen-bond donors (Lipinski definition) is 1. The highest BCUT2D eigenvalue weighted by Crippen LogP contribution is 2.07. The second-order valence-corrected chi connectivity index (χ2v) is 3.53. The van der Waals surface area contributed by atoms with Gasteiger partial charge in [0.05, 0.1) is 12.7 Å². The second kappa shape index (κ2) is 11.0. The highest BCUT2D eigenvalue weighted by atomic mass is 16.5. The zero-order valence-electron chi connectivity index (χ0n) is 9.84. The number of ether oxygens (including phenoxy) is 2. The van der Waals surface area contributed by atoms with Crippen molar-refractivity contribution in [2.75, 3.05) is 33.9 Å². The van der Waals surface area contributed by atoms with Crippen molar-refractivity contribution in [3.63, 3.8) is 0 Å². The molecule has 1 atom stereocenters. The predicted octanol–water partition coefficient (Wildman–Crippen LogP) is 1.82. The molecule has 0 aromatic heterocycles. The molecule has 0 aliphatic rings. The molecule has 0 saturated carbocycles. The molecular weight excluding hydrogens is 178 g/mol. The molecule has 0 aliphatic heterocycles. The van der Waals surface area contributed by atoms with Gasteiger partial charge in [-0.05, 0) is 25.8 Å². The van der Waals surface area contributed by atoms with Gasteiger partial charge in [0, 0.05) is 20.8 Å². The summed E-state index contributed by atoms with van der Waals surface area (Å²) in [4.78, 5) is 0. The Morgan fingerprint density at radius 1 is 1.14 bits per heavy atom. The van der Waals surface area contributed by atoms with Crippen molar-refractivity contribution in [2.24, 2.45) is 0 Å². The first-order chi connectivity index (χ1) is 6.85. The molecule has 0 bridgehead atoms. The fraction of sp³-hybridized carbons (Fsp3) is 1.00. The Hall–Kier alpha value is -0.120. The Kier molecular flexibility index (Phi) is 10.9. The Balaban J connectivity index is 3.15. The van der Waals surface area contributed by atoms with Crippen LogP contribution >= 0.6 is 0 Å². The molecule has 86 valence electrons. The average molecular weight is 203 g/mol. The first kappa shape index (κ1) is 13.9. The number of nitrogens with one attached hydrogen (secondary N) is 1. The van der Waals surface area contributed by atoms with Crippen LogP contribution in [0.15, 0.2) is 0 Å². The van der Waals surface area contributed by atoms with Crippen LogP contribution in [0.2, 0.25) is 0 Å². The lowest BCUT2D eigenvalue weighted by Gasteiger charge is -2.13. The molecule has 3 heteroatoms. The molecule has 0 heterocycles. The van der Waals surface area contributed by atoms with Gasteiger partial charge in [0.1, 0.15) is 0 Å². The molecule has 0 unspecified atom stereocenters. The van der Waals surface area contributed by atoms with Crippen molar-refractivity contribution in [2.45, 2.75) is 38.7 Å². The fourth-order valence-electron chi connectivity index (χ4n) is 1.46. The second-order valence-electron chi connectivity index (χ2n) is 3.53. The minimum absolute atomic E-state index is 0.448. The lowest BCUT2D eigenvalue weighted by molar-refractivity contribution is 0.0854. The van der Waals surface area contributed by atoms with Gasteiger partial charge in [-0.3, -0.25) is 0 Å². The third-order valence-corrected chi connectivity index (χ3v) is 2.31. The van der Waals surface area contributed by atoms with Gasteiger partial charge in [0.15, 0.2) is 0 Å². The van der Waals surface area contributed by atoms with Crippen molar-refractivity contribution in [3.8, 4) is 0 Å². The first-order valence-corrected chi connectivity index (χ1v) is 5.57. The molecule has 0 spiro atoms. The summed E-state index contributed by atoms with van der Waals surface area (Å²) in [5, 5.41) is 3.33. The van der Waals surface area contributed by atoms with E-state index in [-0.39, 0.29) is 0 Å². The molecule has 0 saturated heterocycles. The molecule has 3 nitrogen and oxygen atoms in total. The van der Waals surface area contributed by atoms with E-state index in [1.165, 1.54) is 19.3 Å². The Morgan fingerprint density at radius 2 is 1.93 bits per heavy atom. The normalized spacial score (nSPS) is 13.1. The zero-order valence-corrected chi connectivity index (χ0v) is 9.84. The summed E-state index contributed by atoms with van der Waals surface area (Å²) in [7, 11) is 3.53. The summed E-state index contributed by atoms with van der Waals surface area (Å²) >= 11 is 0. The maximum atomic E-state index is 5.37. The standard InChI is InChI=1S/C11H25NO2/c1-4-6-11(14-3)7-5-8-12-9-10-13-2/h11-12H,4-10H2,1-3H3/t11-/m0/s1. The molecule has 0 aliphatic carbocycles. The van der Waals surface area contributed by atoms with Gasteiger partial charge < -0.3 is 14.8 Å². The molecule has 0 aromatic carbocycles. The van der Waals surface area contributed by atoms with E-state index in [9.17, 15) is 0 Å². The number of hydrogen-bond acceptors (Lipinski definition) is 3. The highest BCUT2D eigenvalue weighted by Gasteiger charge is 2.04. The first-order valence-electron chi connectivity index (χ1n) is 5.57. The van der Waals surface area contributed by atoms with Gasteiger partial charge in [-0.15, -0.1) is 0 Å². The van der Waals surface area contributed by atoms with Crippen molar-refractivity contribution >= 4 is 0 Å². The molecule has 0 fully saturated rings. The molecule has 14 heavy (non-hydrogen) atoms. The predicted molar refractivity (Wildman–Crippen MR) is 59.7 cm³/mol. The monoisotopic (exact) mass is 203 g/mol. The summed E-state index contributed by atoms with van der Waals surface area (Å²) in [6.45, 7) is 5.00. The molecular formula is C11H25NO2. The van der Waals surface area contributed by atoms with Crippen LogP contribution in [-0.4, -0.2) is 40.0 Å². The van der Waals surface area contributed by atoms with Crippen LogP contribution in [0.3, 0.4) is 0 Å². The van der Waals surface area contributed by atoms with Gasteiger partial charge in [0.2, 0.25) is 0 Å². The van der Waals surface area contributed by atoms with E-state index in [0.29, 0.717) is 6.10 Å². The van der Waals surface area contributed by atoms with E-state index in [0.717, 1.165) is 26.1 Å². The fourth-order valence-corrected chi connectivity index (χ4v) is 1.46.